The van der Waals surface area contributed by atoms with Gasteiger partial charge in [0.1, 0.15) is 5.76 Å². The van der Waals surface area contributed by atoms with Crippen LogP contribution in [0.5, 0.6) is 0 Å². The number of hydrogen-bond donors (Lipinski definition) is 1. The Morgan fingerprint density at radius 3 is 2.70 bits per heavy atom. The van der Waals surface area contributed by atoms with Crippen LogP contribution in [0.25, 0.3) is 0 Å². The van der Waals surface area contributed by atoms with Crippen LogP contribution >= 0.6 is 0 Å². The molecule has 0 aliphatic heterocycles. The fourth-order valence-corrected chi connectivity index (χ4v) is 0.750. The molecule has 1 aromatic rings. The van der Waals surface area contributed by atoms with Crippen LogP contribution in [-0.2, 0) is 0 Å². The van der Waals surface area contributed by atoms with Crippen LogP contribution in [0, 0.1) is 13.8 Å². The minimum atomic E-state index is 0. The maximum absolute atomic E-state index is 4.94. The molecule has 3 heteroatoms. The van der Waals surface area contributed by atoms with Gasteiger partial charge in [0.25, 0.3) is 0 Å². The van der Waals surface area contributed by atoms with Gasteiger partial charge < -0.3 is 9.84 Å². The summed E-state index contributed by atoms with van der Waals surface area (Å²) in [5.74, 6) is 1.75. The summed E-state index contributed by atoms with van der Waals surface area (Å²) in [5.41, 5.74) is 1.10. The Morgan fingerprint density at radius 1 is 1.60 bits per heavy atom. The van der Waals surface area contributed by atoms with Crippen LogP contribution in [0.2, 0.25) is 0 Å². The van der Waals surface area contributed by atoms with Crippen molar-refractivity contribution in [3.8, 4) is 0 Å². The first-order chi connectivity index (χ1) is 4.75. The number of aryl methyl sites for hydroxylation is 1. The van der Waals surface area contributed by atoms with Gasteiger partial charge in [0, 0.05) is 13.5 Å². The summed E-state index contributed by atoms with van der Waals surface area (Å²) in [4.78, 5) is 0. The quantitative estimate of drug-likeness (QED) is 0.686. The van der Waals surface area contributed by atoms with Crippen molar-refractivity contribution in [3.63, 3.8) is 0 Å². The van der Waals surface area contributed by atoms with Crippen molar-refractivity contribution in [1.29, 1.82) is 0 Å². The molecule has 0 aliphatic rings. The van der Waals surface area contributed by atoms with E-state index < -0.39 is 0 Å². The molecule has 1 N–H and O–H groups in total. The lowest BCUT2D eigenvalue weighted by atomic mass is 10.3. The normalized spacial score (nSPS) is 9.90. The number of nitrogens with zero attached hydrogens (tertiary/aromatic N) is 1. The molecule has 0 aromatic carbocycles. The van der Waals surface area contributed by atoms with E-state index in [1.54, 1.807) is 0 Å². The van der Waals surface area contributed by atoms with Gasteiger partial charge in [-0.25, -0.2) is 0 Å². The SMILES string of the molecule is CCNc1noc(C)c1C.[HH]. The van der Waals surface area contributed by atoms with E-state index in [0.29, 0.717) is 0 Å². The minimum Gasteiger partial charge on any atom is -0.367 e. The second-order valence-corrected chi connectivity index (χ2v) is 2.24. The Bertz CT molecular complexity index is 222. The molecule has 0 bridgehead atoms. The van der Waals surface area contributed by atoms with Gasteiger partial charge in [-0.15, -0.1) is 0 Å². The molecular formula is C7H14N2O. The van der Waals surface area contributed by atoms with E-state index in [0.717, 1.165) is 23.7 Å². The Morgan fingerprint density at radius 2 is 2.30 bits per heavy atom. The highest BCUT2D eigenvalue weighted by atomic mass is 16.5. The highest BCUT2D eigenvalue weighted by Gasteiger charge is 2.04. The van der Waals surface area contributed by atoms with Gasteiger partial charge in [0.05, 0.1) is 0 Å². The van der Waals surface area contributed by atoms with Gasteiger partial charge in [0.2, 0.25) is 0 Å². The number of hydrogen-bond acceptors (Lipinski definition) is 3. The summed E-state index contributed by atoms with van der Waals surface area (Å²) in [5, 5.41) is 6.91. The van der Waals surface area contributed by atoms with Crippen molar-refractivity contribution in [3.05, 3.63) is 11.3 Å². The molecule has 0 saturated heterocycles. The molecule has 0 fully saturated rings. The Kier molecular flexibility index (Phi) is 1.94. The molecule has 3 nitrogen and oxygen atoms in total. The molecule has 58 valence electrons. The molecule has 1 rings (SSSR count). The lowest BCUT2D eigenvalue weighted by molar-refractivity contribution is 0.399. The van der Waals surface area contributed by atoms with Crippen molar-refractivity contribution in [2.75, 3.05) is 11.9 Å². The van der Waals surface area contributed by atoms with Gasteiger partial charge in [-0.3, -0.25) is 0 Å². The van der Waals surface area contributed by atoms with E-state index in [1.807, 2.05) is 20.8 Å². The first-order valence-corrected chi connectivity index (χ1v) is 3.42. The topological polar surface area (TPSA) is 38.1 Å². The van der Waals surface area contributed by atoms with Crippen LogP contribution in [0.4, 0.5) is 5.82 Å². The Labute approximate surface area is 61.9 Å². The van der Waals surface area contributed by atoms with E-state index in [2.05, 4.69) is 10.5 Å². The average Bonchev–Trinajstić information content (AvgIpc) is 2.20. The molecular weight excluding hydrogens is 128 g/mol. The standard InChI is InChI=1S/C7H12N2O.H2/c1-4-8-7-5(2)6(3)10-9-7;/h4H2,1-3H3,(H,8,9);1H. The monoisotopic (exact) mass is 142 g/mol. The van der Waals surface area contributed by atoms with Crippen LogP contribution < -0.4 is 5.32 Å². The average molecular weight is 142 g/mol. The molecule has 1 heterocycles. The molecule has 0 saturated carbocycles. The van der Waals surface area contributed by atoms with E-state index in [4.69, 9.17) is 4.52 Å². The molecule has 0 unspecified atom stereocenters. The smallest absolute Gasteiger partial charge is 0.172 e. The molecule has 0 radical (unpaired) electrons. The summed E-state index contributed by atoms with van der Waals surface area (Å²) in [6.07, 6.45) is 0. The summed E-state index contributed by atoms with van der Waals surface area (Å²) < 4.78 is 4.94. The Balaban J connectivity index is 0.000001000. The van der Waals surface area contributed by atoms with E-state index in [9.17, 15) is 0 Å². The van der Waals surface area contributed by atoms with Crippen LogP contribution in [0.3, 0.4) is 0 Å². The number of nitrogens with one attached hydrogen (secondary N) is 1. The highest BCUT2D eigenvalue weighted by molar-refractivity contribution is 5.43. The van der Waals surface area contributed by atoms with Crippen molar-refractivity contribution >= 4 is 5.82 Å². The first-order valence-electron chi connectivity index (χ1n) is 3.42. The van der Waals surface area contributed by atoms with E-state index in [-0.39, 0.29) is 1.43 Å². The second kappa shape index (κ2) is 2.73. The zero-order valence-corrected chi connectivity index (χ0v) is 6.56. The maximum atomic E-state index is 4.94. The van der Waals surface area contributed by atoms with E-state index >= 15 is 0 Å². The third kappa shape index (κ3) is 1.12. The molecule has 0 aliphatic carbocycles. The zero-order valence-electron chi connectivity index (χ0n) is 6.56. The number of aromatic nitrogens is 1. The predicted molar refractivity (Wildman–Crippen MR) is 42.3 cm³/mol. The summed E-state index contributed by atoms with van der Waals surface area (Å²) in [6, 6.07) is 0. The third-order valence-electron chi connectivity index (χ3n) is 1.50. The van der Waals surface area contributed by atoms with Crippen LogP contribution in [-0.4, -0.2) is 11.7 Å². The minimum absolute atomic E-state index is 0. The second-order valence-electron chi connectivity index (χ2n) is 2.24. The van der Waals surface area contributed by atoms with Crippen molar-refractivity contribution in [2.24, 2.45) is 0 Å². The van der Waals surface area contributed by atoms with Crippen molar-refractivity contribution in [2.45, 2.75) is 20.8 Å². The molecule has 10 heavy (non-hydrogen) atoms. The lowest BCUT2D eigenvalue weighted by Crippen LogP contribution is -1.97. The van der Waals surface area contributed by atoms with E-state index in [1.165, 1.54) is 0 Å². The van der Waals surface area contributed by atoms with Gasteiger partial charge in [-0.05, 0) is 20.8 Å². The largest absolute Gasteiger partial charge is 0.367 e. The van der Waals surface area contributed by atoms with Gasteiger partial charge in [0.15, 0.2) is 5.82 Å². The maximum Gasteiger partial charge on any atom is 0.172 e. The van der Waals surface area contributed by atoms with Crippen molar-refractivity contribution in [1.82, 2.24) is 5.16 Å². The van der Waals surface area contributed by atoms with Gasteiger partial charge in [-0.2, -0.15) is 0 Å². The summed E-state index contributed by atoms with van der Waals surface area (Å²) >= 11 is 0. The van der Waals surface area contributed by atoms with Gasteiger partial charge in [-0.1, -0.05) is 5.16 Å². The first kappa shape index (κ1) is 7.12. The Hall–Kier alpha value is -0.990. The van der Waals surface area contributed by atoms with Gasteiger partial charge >= 0.3 is 0 Å². The van der Waals surface area contributed by atoms with Crippen LogP contribution in [0.1, 0.15) is 19.7 Å². The fraction of sp³-hybridized carbons (Fsp3) is 0.571. The summed E-state index contributed by atoms with van der Waals surface area (Å²) in [7, 11) is 0. The summed E-state index contributed by atoms with van der Waals surface area (Å²) in [6.45, 7) is 6.81. The van der Waals surface area contributed by atoms with Crippen molar-refractivity contribution < 1.29 is 5.95 Å². The molecule has 0 atom stereocenters. The molecule has 0 spiro atoms. The third-order valence-corrected chi connectivity index (χ3v) is 1.50. The van der Waals surface area contributed by atoms with Crippen LogP contribution in [0.15, 0.2) is 4.52 Å². The molecule has 1 aromatic heterocycles. The number of anilines is 1. The lowest BCUT2D eigenvalue weighted by Gasteiger charge is -1.95. The number of rotatable bonds is 2. The fourth-order valence-electron chi connectivity index (χ4n) is 0.750. The zero-order chi connectivity index (χ0) is 7.56. The predicted octanol–water partition coefficient (Wildman–Crippen LogP) is 1.97. The highest BCUT2D eigenvalue weighted by Crippen LogP contribution is 2.15. The molecule has 0 amide bonds.